The van der Waals surface area contributed by atoms with Crippen molar-refractivity contribution in [3.63, 3.8) is 0 Å². The summed E-state index contributed by atoms with van der Waals surface area (Å²) in [5.74, 6) is -1.84. The highest BCUT2D eigenvalue weighted by atomic mass is 19.1. The van der Waals surface area contributed by atoms with E-state index in [4.69, 9.17) is 4.74 Å². The molecule has 6 heteroatoms. The fraction of sp³-hybridized carbons (Fsp3) is 0.316. The molecular formula is C19H19F2NO3. The van der Waals surface area contributed by atoms with Crippen molar-refractivity contribution >= 4 is 5.91 Å². The number of para-hydroxylation sites is 1. The summed E-state index contributed by atoms with van der Waals surface area (Å²) in [5, 5.41) is 12.8. The lowest BCUT2D eigenvalue weighted by Crippen LogP contribution is -2.27. The van der Waals surface area contributed by atoms with Gasteiger partial charge in [-0.3, -0.25) is 4.79 Å². The average molecular weight is 347 g/mol. The van der Waals surface area contributed by atoms with Gasteiger partial charge < -0.3 is 15.2 Å². The number of phenols is 1. The molecule has 0 bridgehead atoms. The van der Waals surface area contributed by atoms with Gasteiger partial charge >= 0.3 is 0 Å². The Morgan fingerprint density at radius 1 is 1.24 bits per heavy atom. The molecule has 0 aromatic heterocycles. The smallest absolute Gasteiger partial charge is 0.223 e. The Kier molecular flexibility index (Phi) is 4.88. The monoisotopic (exact) mass is 347 g/mol. The van der Waals surface area contributed by atoms with E-state index < -0.39 is 23.5 Å². The Labute approximate surface area is 144 Å². The zero-order valence-electron chi connectivity index (χ0n) is 13.8. The van der Waals surface area contributed by atoms with Crippen molar-refractivity contribution in [2.45, 2.75) is 18.8 Å². The van der Waals surface area contributed by atoms with E-state index in [1.54, 1.807) is 18.2 Å². The van der Waals surface area contributed by atoms with Crippen LogP contribution in [0.2, 0.25) is 0 Å². The van der Waals surface area contributed by atoms with Crippen LogP contribution in [0.25, 0.3) is 0 Å². The Bertz CT molecular complexity index is 774. The lowest BCUT2D eigenvalue weighted by Gasteiger charge is -2.10. The molecule has 1 aliphatic rings. The summed E-state index contributed by atoms with van der Waals surface area (Å²) in [4.78, 5) is 12.2. The molecule has 2 N–H and O–H groups in total. The summed E-state index contributed by atoms with van der Waals surface area (Å²) < 4.78 is 32.5. The van der Waals surface area contributed by atoms with Gasteiger partial charge in [-0.05, 0) is 36.6 Å². The summed E-state index contributed by atoms with van der Waals surface area (Å²) in [7, 11) is 1.47. The van der Waals surface area contributed by atoms with Gasteiger partial charge in [0.05, 0.1) is 7.11 Å². The zero-order valence-corrected chi connectivity index (χ0v) is 13.8. The third-order valence-electron chi connectivity index (χ3n) is 4.49. The maximum Gasteiger partial charge on any atom is 0.223 e. The van der Waals surface area contributed by atoms with Gasteiger partial charge in [0, 0.05) is 23.9 Å². The molecule has 1 saturated carbocycles. The predicted octanol–water partition coefficient (Wildman–Crippen LogP) is 3.14. The number of methoxy groups -OCH3 is 1. The van der Waals surface area contributed by atoms with Crippen LogP contribution in [0.5, 0.6) is 11.5 Å². The Morgan fingerprint density at radius 3 is 2.60 bits per heavy atom. The molecule has 1 amide bonds. The first-order chi connectivity index (χ1) is 12.0. The van der Waals surface area contributed by atoms with Crippen molar-refractivity contribution in [3.05, 3.63) is 59.2 Å². The van der Waals surface area contributed by atoms with Crippen LogP contribution in [0.1, 0.15) is 23.5 Å². The molecular weight excluding hydrogens is 328 g/mol. The minimum Gasteiger partial charge on any atom is -0.504 e. The van der Waals surface area contributed by atoms with E-state index in [1.807, 2.05) is 0 Å². The summed E-state index contributed by atoms with van der Waals surface area (Å²) in [6, 6.07) is 8.88. The molecule has 2 aromatic carbocycles. The van der Waals surface area contributed by atoms with E-state index >= 15 is 0 Å². The molecule has 0 spiro atoms. The second-order valence-electron chi connectivity index (χ2n) is 6.09. The second kappa shape index (κ2) is 7.09. The van der Waals surface area contributed by atoms with Crippen molar-refractivity contribution in [1.82, 2.24) is 5.32 Å². The average Bonchev–Trinajstić information content (AvgIpc) is 3.36. The molecule has 132 valence electrons. The molecule has 0 saturated heterocycles. The van der Waals surface area contributed by atoms with Crippen molar-refractivity contribution in [2.75, 3.05) is 13.7 Å². The fourth-order valence-corrected chi connectivity index (χ4v) is 3.05. The number of carbonyl (C=O) groups excluding carboxylic acids is 1. The normalized spacial score (nSPS) is 18.7. The zero-order chi connectivity index (χ0) is 18.0. The molecule has 1 fully saturated rings. The summed E-state index contributed by atoms with van der Waals surface area (Å²) in [6.07, 6.45) is 0.869. The number of carbonyl (C=O) groups is 1. The van der Waals surface area contributed by atoms with Crippen LogP contribution < -0.4 is 10.1 Å². The number of hydrogen-bond donors (Lipinski definition) is 2. The Hall–Kier alpha value is -2.63. The van der Waals surface area contributed by atoms with E-state index in [1.165, 1.54) is 25.3 Å². The number of ether oxygens (including phenoxy) is 1. The summed E-state index contributed by atoms with van der Waals surface area (Å²) in [6.45, 7) is 0.322. The number of aromatic hydroxyl groups is 1. The minimum atomic E-state index is -0.610. The molecule has 2 atom stereocenters. The van der Waals surface area contributed by atoms with E-state index in [-0.39, 0.29) is 17.2 Å². The van der Waals surface area contributed by atoms with Gasteiger partial charge in [0.2, 0.25) is 5.91 Å². The SMILES string of the molecule is COc1cccc(CCNC(=O)[C@H]2C[C@@H]2c2c(F)cccc2F)c1O. The standard InChI is InChI=1S/C19H19F2NO3/c1-25-16-7-2-4-11(18(16)23)8-9-22-19(24)13-10-12(13)17-14(20)5-3-6-15(17)21/h2-7,12-13,23H,8-10H2,1H3,(H,22,24)/t12-,13-/m0/s1. The molecule has 0 aliphatic heterocycles. The van der Waals surface area contributed by atoms with Gasteiger partial charge in [0.25, 0.3) is 0 Å². The number of nitrogens with one attached hydrogen (secondary N) is 1. The molecule has 2 aromatic rings. The summed E-state index contributed by atoms with van der Waals surface area (Å²) in [5.41, 5.74) is 0.653. The van der Waals surface area contributed by atoms with Gasteiger partial charge in [-0.1, -0.05) is 18.2 Å². The maximum absolute atomic E-state index is 13.8. The van der Waals surface area contributed by atoms with Crippen LogP contribution in [-0.4, -0.2) is 24.7 Å². The Balaban J connectivity index is 1.55. The van der Waals surface area contributed by atoms with Gasteiger partial charge in [-0.15, -0.1) is 0 Å². The molecule has 0 heterocycles. The van der Waals surface area contributed by atoms with E-state index in [0.29, 0.717) is 30.7 Å². The number of halogens is 2. The molecule has 1 aliphatic carbocycles. The van der Waals surface area contributed by atoms with E-state index in [2.05, 4.69) is 5.32 Å². The van der Waals surface area contributed by atoms with Crippen LogP contribution in [0.15, 0.2) is 36.4 Å². The molecule has 3 rings (SSSR count). The topological polar surface area (TPSA) is 58.6 Å². The molecule has 4 nitrogen and oxygen atoms in total. The summed E-state index contributed by atoms with van der Waals surface area (Å²) >= 11 is 0. The maximum atomic E-state index is 13.8. The number of benzene rings is 2. The van der Waals surface area contributed by atoms with Crippen LogP contribution >= 0.6 is 0 Å². The number of rotatable bonds is 6. The number of amides is 1. The van der Waals surface area contributed by atoms with E-state index in [0.717, 1.165) is 0 Å². The number of hydrogen-bond acceptors (Lipinski definition) is 3. The van der Waals surface area contributed by atoms with Crippen molar-refractivity contribution in [1.29, 1.82) is 0 Å². The highest BCUT2D eigenvalue weighted by Gasteiger charge is 2.46. The molecule has 0 radical (unpaired) electrons. The quantitative estimate of drug-likeness (QED) is 0.844. The highest BCUT2D eigenvalue weighted by molar-refractivity contribution is 5.82. The molecule has 25 heavy (non-hydrogen) atoms. The van der Waals surface area contributed by atoms with Crippen molar-refractivity contribution in [3.8, 4) is 11.5 Å². The highest BCUT2D eigenvalue weighted by Crippen LogP contribution is 2.49. The van der Waals surface area contributed by atoms with Crippen LogP contribution in [0, 0.1) is 17.6 Å². The van der Waals surface area contributed by atoms with Crippen LogP contribution in [0.3, 0.4) is 0 Å². The lowest BCUT2D eigenvalue weighted by atomic mass is 10.1. The lowest BCUT2D eigenvalue weighted by molar-refractivity contribution is -0.122. The number of phenolic OH excluding ortho intramolecular Hbond substituents is 1. The fourth-order valence-electron chi connectivity index (χ4n) is 3.05. The van der Waals surface area contributed by atoms with Gasteiger partial charge in [-0.2, -0.15) is 0 Å². The minimum absolute atomic E-state index is 0.00640. The third kappa shape index (κ3) is 3.57. The first-order valence-electron chi connectivity index (χ1n) is 8.09. The van der Waals surface area contributed by atoms with Crippen LogP contribution in [-0.2, 0) is 11.2 Å². The van der Waals surface area contributed by atoms with Gasteiger partial charge in [0.15, 0.2) is 11.5 Å². The largest absolute Gasteiger partial charge is 0.504 e. The van der Waals surface area contributed by atoms with Gasteiger partial charge in [0.1, 0.15) is 11.6 Å². The van der Waals surface area contributed by atoms with Crippen LogP contribution in [0.4, 0.5) is 8.78 Å². The van der Waals surface area contributed by atoms with Crippen molar-refractivity contribution < 1.29 is 23.4 Å². The second-order valence-corrected chi connectivity index (χ2v) is 6.09. The first kappa shape index (κ1) is 17.2. The van der Waals surface area contributed by atoms with Crippen molar-refractivity contribution in [2.24, 2.45) is 5.92 Å². The molecule has 0 unspecified atom stereocenters. The van der Waals surface area contributed by atoms with Gasteiger partial charge in [-0.25, -0.2) is 8.78 Å². The third-order valence-corrected chi connectivity index (χ3v) is 4.49. The first-order valence-corrected chi connectivity index (χ1v) is 8.09. The Morgan fingerprint density at radius 2 is 1.92 bits per heavy atom. The predicted molar refractivity (Wildman–Crippen MR) is 88.6 cm³/mol. The van der Waals surface area contributed by atoms with E-state index in [9.17, 15) is 18.7 Å².